The Morgan fingerprint density at radius 1 is 1.26 bits per heavy atom. The molecule has 2 aromatic rings. The number of rotatable bonds is 6. The third kappa shape index (κ3) is 3.24. The first-order valence-corrected chi connectivity index (χ1v) is 6.56. The number of hydrogen-bond acceptors (Lipinski definition) is 5. The van der Waals surface area contributed by atoms with Crippen LogP contribution in [0.5, 0.6) is 0 Å². The maximum absolute atomic E-state index is 5.31. The lowest BCUT2D eigenvalue weighted by Crippen LogP contribution is -2.11. The second kappa shape index (κ2) is 6.22. The van der Waals surface area contributed by atoms with Crippen molar-refractivity contribution in [3.05, 3.63) is 35.5 Å². The first kappa shape index (κ1) is 13.4. The average molecular weight is 260 g/mol. The number of nitrogens with zero attached hydrogens (tertiary/aromatic N) is 2. The van der Waals surface area contributed by atoms with E-state index in [9.17, 15) is 0 Å². The lowest BCUT2D eigenvalue weighted by Gasteiger charge is -2.12. The molecule has 0 radical (unpaired) electrons. The van der Waals surface area contributed by atoms with Gasteiger partial charge in [-0.2, -0.15) is 0 Å². The van der Waals surface area contributed by atoms with Gasteiger partial charge < -0.3 is 15.1 Å². The summed E-state index contributed by atoms with van der Waals surface area (Å²) in [6.07, 6.45) is 3.36. The van der Waals surface area contributed by atoms with Crippen LogP contribution in [0, 0.1) is 6.92 Å². The highest BCUT2D eigenvalue weighted by Crippen LogP contribution is 2.19. The van der Waals surface area contributed by atoms with Gasteiger partial charge in [0, 0.05) is 32.0 Å². The van der Waals surface area contributed by atoms with Crippen LogP contribution < -0.4 is 10.6 Å². The molecule has 0 atom stereocenters. The maximum Gasteiger partial charge on any atom is 0.134 e. The van der Waals surface area contributed by atoms with E-state index in [1.165, 1.54) is 0 Å². The van der Waals surface area contributed by atoms with Crippen LogP contribution in [0.2, 0.25) is 0 Å². The zero-order valence-electron chi connectivity index (χ0n) is 11.7. The third-order valence-electron chi connectivity index (χ3n) is 2.99. The van der Waals surface area contributed by atoms with Crippen LogP contribution in [0.15, 0.2) is 22.8 Å². The van der Waals surface area contributed by atoms with E-state index in [1.807, 2.05) is 26.1 Å². The molecular formula is C14H20N4O. The summed E-state index contributed by atoms with van der Waals surface area (Å²) < 4.78 is 5.31. The molecule has 0 spiro atoms. The van der Waals surface area contributed by atoms with E-state index < -0.39 is 0 Å². The summed E-state index contributed by atoms with van der Waals surface area (Å²) >= 11 is 0. The van der Waals surface area contributed by atoms with Gasteiger partial charge in [-0.25, -0.2) is 9.97 Å². The molecule has 0 aliphatic carbocycles. The van der Waals surface area contributed by atoms with E-state index in [0.29, 0.717) is 0 Å². The van der Waals surface area contributed by atoms with Crippen molar-refractivity contribution in [2.24, 2.45) is 0 Å². The van der Waals surface area contributed by atoms with E-state index in [4.69, 9.17) is 4.42 Å². The van der Waals surface area contributed by atoms with Crippen molar-refractivity contribution in [1.29, 1.82) is 0 Å². The predicted octanol–water partition coefficient (Wildman–Crippen LogP) is 2.64. The van der Waals surface area contributed by atoms with Crippen LogP contribution in [0.25, 0.3) is 0 Å². The molecule has 0 unspecified atom stereocenters. The highest BCUT2D eigenvalue weighted by atomic mass is 16.3. The van der Waals surface area contributed by atoms with E-state index >= 15 is 0 Å². The minimum atomic E-state index is 0.789. The smallest absolute Gasteiger partial charge is 0.134 e. The van der Waals surface area contributed by atoms with Crippen molar-refractivity contribution in [2.45, 2.75) is 26.7 Å². The summed E-state index contributed by atoms with van der Waals surface area (Å²) in [6.45, 7) is 4.86. The molecule has 5 nitrogen and oxygen atoms in total. The van der Waals surface area contributed by atoms with Gasteiger partial charge in [0.15, 0.2) is 0 Å². The Morgan fingerprint density at radius 3 is 2.68 bits per heavy atom. The molecule has 2 heterocycles. The summed E-state index contributed by atoms with van der Waals surface area (Å²) in [5.41, 5.74) is 1.04. The Morgan fingerprint density at radius 2 is 2.05 bits per heavy atom. The van der Waals surface area contributed by atoms with Crippen LogP contribution in [-0.2, 0) is 12.8 Å². The SMILES string of the molecule is CCc1nc(NC)c(C)c(NCCc2ccco2)n1. The molecule has 0 aliphatic heterocycles. The number of aryl methyl sites for hydroxylation is 1. The lowest BCUT2D eigenvalue weighted by molar-refractivity contribution is 0.513. The first-order chi connectivity index (χ1) is 9.24. The largest absolute Gasteiger partial charge is 0.469 e. The zero-order valence-corrected chi connectivity index (χ0v) is 11.7. The molecule has 0 aliphatic rings. The van der Waals surface area contributed by atoms with E-state index in [-0.39, 0.29) is 0 Å². The van der Waals surface area contributed by atoms with E-state index in [0.717, 1.165) is 48.2 Å². The van der Waals surface area contributed by atoms with Crippen molar-refractivity contribution in [3.8, 4) is 0 Å². The first-order valence-electron chi connectivity index (χ1n) is 6.56. The Hall–Kier alpha value is -2.04. The molecular weight excluding hydrogens is 240 g/mol. The molecule has 5 heteroatoms. The van der Waals surface area contributed by atoms with Crippen molar-refractivity contribution in [1.82, 2.24) is 9.97 Å². The van der Waals surface area contributed by atoms with Gasteiger partial charge in [0.1, 0.15) is 23.2 Å². The van der Waals surface area contributed by atoms with Gasteiger partial charge in [0.2, 0.25) is 0 Å². The van der Waals surface area contributed by atoms with Crippen molar-refractivity contribution in [2.75, 3.05) is 24.2 Å². The molecule has 0 aromatic carbocycles. The van der Waals surface area contributed by atoms with Crippen LogP contribution in [-0.4, -0.2) is 23.6 Å². The fourth-order valence-electron chi connectivity index (χ4n) is 1.90. The van der Waals surface area contributed by atoms with Crippen LogP contribution in [0.4, 0.5) is 11.6 Å². The molecule has 0 saturated heterocycles. The molecule has 0 amide bonds. The van der Waals surface area contributed by atoms with Crippen molar-refractivity contribution in [3.63, 3.8) is 0 Å². The Labute approximate surface area is 113 Å². The van der Waals surface area contributed by atoms with Gasteiger partial charge in [-0.05, 0) is 19.1 Å². The summed E-state index contributed by atoms with van der Waals surface area (Å²) in [5.74, 6) is 3.59. The average Bonchev–Trinajstić information content (AvgIpc) is 2.94. The minimum Gasteiger partial charge on any atom is -0.469 e. The molecule has 102 valence electrons. The van der Waals surface area contributed by atoms with Gasteiger partial charge in [-0.15, -0.1) is 0 Å². The number of furan rings is 1. The second-order valence-corrected chi connectivity index (χ2v) is 4.32. The van der Waals surface area contributed by atoms with E-state index in [2.05, 4.69) is 27.5 Å². The number of nitrogens with one attached hydrogen (secondary N) is 2. The Balaban J connectivity index is 2.06. The van der Waals surface area contributed by atoms with E-state index in [1.54, 1.807) is 6.26 Å². The fraction of sp³-hybridized carbons (Fsp3) is 0.429. The maximum atomic E-state index is 5.31. The van der Waals surface area contributed by atoms with Crippen molar-refractivity contribution >= 4 is 11.6 Å². The van der Waals surface area contributed by atoms with Gasteiger partial charge in [-0.1, -0.05) is 6.92 Å². The highest BCUT2D eigenvalue weighted by molar-refractivity contribution is 5.57. The summed E-state index contributed by atoms with van der Waals surface area (Å²) in [5, 5.41) is 6.45. The van der Waals surface area contributed by atoms with Gasteiger partial charge in [0.25, 0.3) is 0 Å². The van der Waals surface area contributed by atoms with Crippen molar-refractivity contribution < 1.29 is 4.42 Å². The van der Waals surface area contributed by atoms with Crippen LogP contribution >= 0.6 is 0 Å². The molecule has 0 bridgehead atoms. The Bertz CT molecular complexity index is 522. The number of hydrogen-bond donors (Lipinski definition) is 2. The quantitative estimate of drug-likeness (QED) is 0.836. The minimum absolute atomic E-state index is 0.789. The van der Waals surface area contributed by atoms with Crippen LogP contribution in [0.3, 0.4) is 0 Å². The zero-order chi connectivity index (χ0) is 13.7. The van der Waals surface area contributed by atoms with Crippen LogP contribution in [0.1, 0.15) is 24.1 Å². The lowest BCUT2D eigenvalue weighted by atomic mass is 10.2. The molecule has 0 saturated carbocycles. The standard InChI is InChI=1S/C14H20N4O/c1-4-12-17-13(15-3)10(2)14(18-12)16-8-7-11-6-5-9-19-11/h5-6,9H,4,7-8H2,1-3H3,(H2,15,16,17,18). The molecule has 0 fully saturated rings. The molecule has 2 aromatic heterocycles. The van der Waals surface area contributed by atoms with Gasteiger partial charge in [0.05, 0.1) is 6.26 Å². The molecule has 2 rings (SSSR count). The monoisotopic (exact) mass is 260 g/mol. The molecule has 19 heavy (non-hydrogen) atoms. The summed E-state index contributed by atoms with van der Waals surface area (Å²) in [4.78, 5) is 8.97. The predicted molar refractivity (Wildman–Crippen MR) is 76.6 cm³/mol. The molecule has 2 N–H and O–H groups in total. The van der Waals surface area contributed by atoms with Gasteiger partial charge in [-0.3, -0.25) is 0 Å². The summed E-state index contributed by atoms with van der Waals surface area (Å²) in [7, 11) is 1.88. The number of aromatic nitrogens is 2. The topological polar surface area (TPSA) is 63.0 Å². The Kier molecular flexibility index (Phi) is 4.39. The summed E-state index contributed by atoms with van der Waals surface area (Å²) in [6, 6.07) is 3.88. The highest BCUT2D eigenvalue weighted by Gasteiger charge is 2.08. The number of anilines is 2. The second-order valence-electron chi connectivity index (χ2n) is 4.32. The van der Waals surface area contributed by atoms with Gasteiger partial charge >= 0.3 is 0 Å². The normalized spacial score (nSPS) is 10.5. The fourth-order valence-corrected chi connectivity index (χ4v) is 1.90. The third-order valence-corrected chi connectivity index (χ3v) is 2.99.